The molecule has 0 unspecified atom stereocenters. The smallest absolute Gasteiger partial charge is 0.338 e. The number of fused-ring (bicyclic) bond motifs is 1. The molecule has 2 amide bonds. The van der Waals surface area contributed by atoms with Gasteiger partial charge in [0.15, 0.2) is 0 Å². The second-order valence-corrected chi connectivity index (χ2v) is 8.28. The maximum Gasteiger partial charge on any atom is 0.338 e. The van der Waals surface area contributed by atoms with Gasteiger partial charge >= 0.3 is 12.0 Å². The van der Waals surface area contributed by atoms with Gasteiger partial charge in [-0.15, -0.1) is 11.8 Å². The summed E-state index contributed by atoms with van der Waals surface area (Å²) in [5.74, 6) is 0.629. The third kappa shape index (κ3) is 4.31. The first-order chi connectivity index (χ1) is 14.7. The van der Waals surface area contributed by atoms with Gasteiger partial charge in [-0.2, -0.15) is 0 Å². The van der Waals surface area contributed by atoms with Crippen molar-refractivity contribution in [1.29, 1.82) is 0 Å². The summed E-state index contributed by atoms with van der Waals surface area (Å²) in [4.78, 5) is 28.9. The molecule has 2 aromatic carbocycles. The monoisotopic (exact) mass is 423 g/mol. The normalized spacial score (nSPS) is 18.8. The molecule has 6 nitrogen and oxygen atoms in total. The Labute approximate surface area is 180 Å². The molecule has 2 aliphatic heterocycles. The molecule has 2 heterocycles. The first-order valence-corrected chi connectivity index (χ1v) is 11.2. The molecule has 0 aliphatic carbocycles. The number of benzene rings is 2. The van der Waals surface area contributed by atoms with Crippen molar-refractivity contribution in [2.45, 2.75) is 24.3 Å². The average Bonchev–Trinajstić information content (AvgIpc) is 2.96. The van der Waals surface area contributed by atoms with Crippen molar-refractivity contribution >= 4 is 29.4 Å². The van der Waals surface area contributed by atoms with Gasteiger partial charge in [0.1, 0.15) is 0 Å². The van der Waals surface area contributed by atoms with Crippen LogP contribution in [0.3, 0.4) is 0 Å². The number of thioether (sulfide) groups is 1. The summed E-state index contributed by atoms with van der Waals surface area (Å²) in [5, 5.41) is 5.77. The van der Waals surface area contributed by atoms with Gasteiger partial charge in [-0.3, -0.25) is 0 Å². The van der Waals surface area contributed by atoms with Crippen LogP contribution in [0.4, 0.5) is 10.5 Å². The Morgan fingerprint density at radius 1 is 1.17 bits per heavy atom. The minimum Gasteiger partial charge on any atom is -0.463 e. The highest BCUT2D eigenvalue weighted by Gasteiger charge is 2.34. The number of nitrogens with zero attached hydrogens (tertiary/aromatic N) is 1. The molecule has 0 spiro atoms. The highest BCUT2D eigenvalue weighted by atomic mass is 32.2. The Hall–Kier alpha value is -2.93. The zero-order valence-electron chi connectivity index (χ0n) is 16.9. The summed E-state index contributed by atoms with van der Waals surface area (Å²) in [6.07, 6.45) is 1.02. The van der Waals surface area contributed by atoms with E-state index in [4.69, 9.17) is 4.74 Å². The van der Waals surface area contributed by atoms with Crippen LogP contribution in [0.15, 0.2) is 70.8 Å². The fourth-order valence-corrected chi connectivity index (χ4v) is 4.85. The molecule has 0 saturated heterocycles. The zero-order chi connectivity index (χ0) is 20.9. The van der Waals surface area contributed by atoms with Gasteiger partial charge in [-0.25, -0.2) is 9.59 Å². The minimum absolute atomic E-state index is 0.272. The van der Waals surface area contributed by atoms with E-state index < -0.39 is 12.0 Å². The van der Waals surface area contributed by atoms with Crippen molar-refractivity contribution in [3.8, 4) is 0 Å². The molecular weight excluding hydrogens is 398 g/mol. The molecule has 2 N–H and O–H groups in total. The van der Waals surface area contributed by atoms with Crippen LogP contribution in [0.5, 0.6) is 0 Å². The number of anilines is 1. The fourth-order valence-electron chi connectivity index (χ4n) is 3.84. The number of esters is 1. The van der Waals surface area contributed by atoms with Crippen LogP contribution in [0.2, 0.25) is 0 Å². The summed E-state index contributed by atoms with van der Waals surface area (Å²) in [7, 11) is 0. The number of urea groups is 1. The van der Waals surface area contributed by atoms with Crippen molar-refractivity contribution in [2.75, 3.05) is 30.3 Å². The lowest BCUT2D eigenvalue weighted by atomic mass is 9.95. The first kappa shape index (κ1) is 20.3. The van der Waals surface area contributed by atoms with Crippen LogP contribution in [0, 0.1) is 0 Å². The van der Waals surface area contributed by atoms with E-state index >= 15 is 0 Å². The topological polar surface area (TPSA) is 70.7 Å². The van der Waals surface area contributed by atoms with Crippen LogP contribution < -0.4 is 15.5 Å². The highest BCUT2D eigenvalue weighted by molar-refractivity contribution is 7.99. The predicted molar refractivity (Wildman–Crippen MR) is 119 cm³/mol. The van der Waals surface area contributed by atoms with Crippen molar-refractivity contribution < 1.29 is 14.3 Å². The summed E-state index contributed by atoms with van der Waals surface area (Å²) < 4.78 is 5.37. The Kier molecular flexibility index (Phi) is 6.28. The van der Waals surface area contributed by atoms with Gasteiger partial charge in [0.25, 0.3) is 0 Å². The van der Waals surface area contributed by atoms with Gasteiger partial charge in [-0.05, 0) is 36.8 Å². The van der Waals surface area contributed by atoms with Crippen molar-refractivity contribution in [1.82, 2.24) is 10.6 Å². The number of nitrogens with one attached hydrogen (secondary N) is 2. The average molecular weight is 424 g/mol. The lowest BCUT2D eigenvalue weighted by molar-refractivity contribution is -0.139. The van der Waals surface area contributed by atoms with Crippen LogP contribution in [0.25, 0.3) is 0 Å². The Morgan fingerprint density at radius 2 is 1.93 bits per heavy atom. The van der Waals surface area contributed by atoms with Gasteiger partial charge < -0.3 is 20.3 Å². The third-order valence-electron chi connectivity index (χ3n) is 5.17. The summed E-state index contributed by atoms with van der Waals surface area (Å²) in [6.45, 7) is 3.34. The second kappa shape index (κ2) is 9.26. The SMILES string of the molecule is CCOC(=O)C1=C(CN2CCCSc3ccccc32)NC(=O)N[C@@H]1c1ccccc1. The summed E-state index contributed by atoms with van der Waals surface area (Å²) in [5.41, 5.74) is 3.02. The lowest BCUT2D eigenvalue weighted by Gasteiger charge is -2.33. The number of hydrogen-bond acceptors (Lipinski definition) is 5. The molecule has 0 bridgehead atoms. The molecule has 2 aliphatic rings. The Balaban J connectivity index is 1.75. The number of ether oxygens (including phenoxy) is 1. The van der Waals surface area contributed by atoms with E-state index in [1.54, 1.807) is 6.92 Å². The van der Waals surface area contributed by atoms with E-state index in [0.717, 1.165) is 30.0 Å². The van der Waals surface area contributed by atoms with Crippen LogP contribution in [0.1, 0.15) is 24.9 Å². The van der Waals surface area contributed by atoms with E-state index in [9.17, 15) is 9.59 Å². The maximum absolute atomic E-state index is 13.0. The maximum atomic E-state index is 13.0. The van der Waals surface area contributed by atoms with E-state index in [1.165, 1.54) is 4.90 Å². The molecule has 0 radical (unpaired) electrons. The molecule has 1 atom stereocenters. The quantitative estimate of drug-likeness (QED) is 0.715. The summed E-state index contributed by atoms with van der Waals surface area (Å²) in [6, 6.07) is 16.9. The number of carbonyl (C=O) groups is 2. The van der Waals surface area contributed by atoms with Crippen molar-refractivity contribution in [3.05, 3.63) is 71.4 Å². The fraction of sp³-hybridized carbons (Fsp3) is 0.304. The van der Waals surface area contributed by atoms with Gasteiger partial charge in [-0.1, -0.05) is 42.5 Å². The molecular formula is C23H25N3O3S. The second-order valence-electron chi connectivity index (χ2n) is 7.15. The van der Waals surface area contributed by atoms with E-state index in [-0.39, 0.29) is 12.6 Å². The molecule has 7 heteroatoms. The number of amides is 2. The van der Waals surface area contributed by atoms with Crippen LogP contribution in [-0.4, -0.2) is 37.4 Å². The number of carbonyl (C=O) groups excluding carboxylic acids is 2. The predicted octanol–water partition coefficient (Wildman–Crippen LogP) is 3.86. The number of rotatable bonds is 5. The zero-order valence-corrected chi connectivity index (χ0v) is 17.7. The van der Waals surface area contributed by atoms with Crippen molar-refractivity contribution in [2.24, 2.45) is 0 Å². The first-order valence-electron chi connectivity index (χ1n) is 10.2. The number of hydrogen-bond donors (Lipinski definition) is 2. The molecule has 0 saturated carbocycles. The molecule has 2 aromatic rings. The Morgan fingerprint density at radius 3 is 2.73 bits per heavy atom. The Bertz CT molecular complexity index is 961. The van der Waals surface area contributed by atoms with Crippen LogP contribution in [-0.2, 0) is 9.53 Å². The van der Waals surface area contributed by atoms with E-state index in [1.807, 2.05) is 54.2 Å². The molecule has 4 rings (SSSR count). The lowest BCUT2D eigenvalue weighted by Crippen LogP contribution is -2.48. The standard InChI is InChI=1S/C23H25N3O3S/c1-2-29-22(27)20-17(24-23(28)25-21(20)16-9-4-3-5-10-16)15-26-13-8-14-30-19-12-7-6-11-18(19)26/h3-7,9-12,21H,2,8,13-15H2,1H3,(H2,24,25,28)/t21-/m1/s1. The number of para-hydroxylation sites is 1. The van der Waals surface area contributed by atoms with Gasteiger partial charge in [0.2, 0.25) is 0 Å². The molecule has 0 aromatic heterocycles. The molecule has 156 valence electrons. The minimum atomic E-state index is -0.550. The van der Waals surface area contributed by atoms with E-state index in [2.05, 4.69) is 27.7 Å². The summed E-state index contributed by atoms with van der Waals surface area (Å²) >= 11 is 1.84. The molecule has 0 fully saturated rings. The highest BCUT2D eigenvalue weighted by Crippen LogP contribution is 2.35. The largest absolute Gasteiger partial charge is 0.463 e. The van der Waals surface area contributed by atoms with Crippen LogP contribution >= 0.6 is 11.8 Å². The van der Waals surface area contributed by atoms with Gasteiger partial charge in [0, 0.05) is 11.4 Å². The van der Waals surface area contributed by atoms with Gasteiger partial charge in [0.05, 0.1) is 36.2 Å². The van der Waals surface area contributed by atoms with Crippen molar-refractivity contribution in [3.63, 3.8) is 0 Å². The third-order valence-corrected chi connectivity index (χ3v) is 6.32. The van der Waals surface area contributed by atoms with E-state index in [0.29, 0.717) is 17.8 Å². The molecule has 30 heavy (non-hydrogen) atoms.